The van der Waals surface area contributed by atoms with Crippen molar-refractivity contribution in [1.82, 2.24) is 4.98 Å². The van der Waals surface area contributed by atoms with Crippen molar-refractivity contribution in [3.05, 3.63) is 58.3 Å². The Kier molecular flexibility index (Phi) is 6.79. The third-order valence-electron chi connectivity index (χ3n) is 5.45. The van der Waals surface area contributed by atoms with Gasteiger partial charge in [-0.1, -0.05) is 24.6 Å². The Morgan fingerprint density at radius 3 is 2.32 bits per heavy atom. The third-order valence-corrected chi connectivity index (χ3v) is 6.68. The number of nitrogens with zero attached hydrogens (tertiary/aromatic N) is 1. The largest absolute Gasteiger partial charge is 0.461 e. The van der Waals surface area contributed by atoms with Crippen molar-refractivity contribution < 1.29 is 27.5 Å². The van der Waals surface area contributed by atoms with Gasteiger partial charge in [0.05, 0.1) is 10.6 Å². The molecule has 0 spiro atoms. The van der Waals surface area contributed by atoms with Gasteiger partial charge >= 0.3 is 12.1 Å². The number of cyclic esters (lactones) is 1. The zero-order valence-electron chi connectivity index (χ0n) is 17.7. The van der Waals surface area contributed by atoms with Crippen molar-refractivity contribution in [2.24, 2.45) is 5.92 Å². The van der Waals surface area contributed by atoms with E-state index < -0.39 is 29.7 Å². The number of hydrogen-bond acceptors (Lipinski definition) is 5. The van der Waals surface area contributed by atoms with E-state index in [-0.39, 0.29) is 18.1 Å². The number of halogens is 3. The molecule has 0 bridgehead atoms. The van der Waals surface area contributed by atoms with Crippen LogP contribution in [0.3, 0.4) is 0 Å². The molecule has 1 saturated heterocycles. The molecule has 0 radical (unpaired) electrons. The van der Waals surface area contributed by atoms with Gasteiger partial charge in [0.1, 0.15) is 12.0 Å². The summed E-state index contributed by atoms with van der Waals surface area (Å²) in [4.78, 5) is 29.5. The fourth-order valence-electron chi connectivity index (χ4n) is 3.91. The van der Waals surface area contributed by atoms with Crippen molar-refractivity contribution in [3.8, 4) is 0 Å². The second-order valence-electron chi connectivity index (χ2n) is 8.06. The van der Waals surface area contributed by atoms with Crippen LogP contribution in [0, 0.1) is 26.7 Å². The molecule has 0 N–H and O–H groups in total. The minimum Gasteiger partial charge on any atom is -0.461 e. The highest BCUT2D eigenvalue weighted by atomic mass is 32.2. The molecule has 2 aromatic rings. The van der Waals surface area contributed by atoms with E-state index in [9.17, 15) is 22.8 Å². The van der Waals surface area contributed by atoms with E-state index in [2.05, 4.69) is 4.98 Å². The van der Waals surface area contributed by atoms with Crippen molar-refractivity contribution in [3.63, 3.8) is 0 Å². The minimum atomic E-state index is -4.43. The number of ketones is 1. The number of hydrogen-bond donors (Lipinski definition) is 0. The van der Waals surface area contributed by atoms with Gasteiger partial charge in [-0.3, -0.25) is 9.59 Å². The van der Waals surface area contributed by atoms with Crippen LogP contribution in [-0.4, -0.2) is 28.6 Å². The average molecular weight is 452 g/mol. The molecule has 4 nitrogen and oxygen atoms in total. The molecule has 1 aromatic carbocycles. The molecule has 1 fully saturated rings. The highest BCUT2D eigenvalue weighted by Gasteiger charge is 2.41. The molecule has 3 unspecified atom stereocenters. The number of Topliss-reactive ketones (excluding diaryl/α,β-unsaturated/α-hetero) is 1. The van der Waals surface area contributed by atoms with Gasteiger partial charge in [-0.05, 0) is 49.6 Å². The van der Waals surface area contributed by atoms with E-state index in [4.69, 9.17) is 4.74 Å². The first-order valence-corrected chi connectivity index (χ1v) is 10.9. The maximum absolute atomic E-state index is 12.9. The summed E-state index contributed by atoms with van der Waals surface area (Å²) in [5.41, 5.74) is 2.77. The van der Waals surface area contributed by atoms with Crippen LogP contribution in [0.1, 0.15) is 47.1 Å². The lowest BCUT2D eigenvalue weighted by Crippen LogP contribution is -2.41. The van der Waals surface area contributed by atoms with Crippen molar-refractivity contribution >= 4 is 23.5 Å². The first-order chi connectivity index (χ1) is 14.5. The first kappa shape index (κ1) is 23.3. The quantitative estimate of drug-likeness (QED) is 0.345. The van der Waals surface area contributed by atoms with Gasteiger partial charge in [0.25, 0.3) is 0 Å². The molecular weight excluding hydrogens is 427 g/mol. The molecule has 0 amide bonds. The monoisotopic (exact) mass is 451 g/mol. The van der Waals surface area contributed by atoms with E-state index in [1.54, 1.807) is 0 Å². The second kappa shape index (κ2) is 9.02. The number of pyridine rings is 1. The van der Waals surface area contributed by atoms with Gasteiger partial charge in [0, 0.05) is 24.3 Å². The number of benzene rings is 1. The molecule has 3 rings (SSSR count). The SMILES string of the molecule is Cc1cc(C)c(C2C(=O)CC(C(C)CSc3ccc(C(F)(F)F)cn3)OC2=O)c(C)c1. The number of alkyl halides is 3. The first-order valence-electron chi connectivity index (χ1n) is 9.94. The lowest BCUT2D eigenvalue weighted by molar-refractivity contribution is -0.162. The van der Waals surface area contributed by atoms with Crippen molar-refractivity contribution in [1.29, 1.82) is 0 Å². The van der Waals surface area contributed by atoms with Crippen LogP contribution in [0.25, 0.3) is 0 Å². The zero-order valence-corrected chi connectivity index (χ0v) is 18.6. The maximum atomic E-state index is 12.9. The zero-order chi connectivity index (χ0) is 22.9. The van der Waals surface area contributed by atoms with Gasteiger partial charge in [-0.15, -0.1) is 11.8 Å². The number of ether oxygens (including phenoxy) is 1. The molecule has 0 aliphatic carbocycles. The number of aryl methyl sites for hydroxylation is 3. The van der Waals surface area contributed by atoms with E-state index in [1.807, 2.05) is 39.8 Å². The molecule has 166 valence electrons. The Labute approximate surface area is 183 Å². The highest BCUT2D eigenvalue weighted by Crippen LogP contribution is 2.35. The summed E-state index contributed by atoms with van der Waals surface area (Å²) >= 11 is 1.27. The van der Waals surface area contributed by atoms with Crippen LogP contribution in [0.15, 0.2) is 35.5 Å². The van der Waals surface area contributed by atoms with Gasteiger partial charge in [0.2, 0.25) is 0 Å². The van der Waals surface area contributed by atoms with Crippen LogP contribution in [0.4, 0.5) is 13.2 Å². The molecule has 31 heavy (non-hydrogen) atoms. The Bertz CT molecular complexity index is 948. The number of aromatic nitrogens is 1. The number of carbonyl (C=O) groups is 2. The van der Waals surface area contributed by atoms with Gasteiger partial charge < -0.3 is 4.74 Å². The van der Waals surface area contributed by atoms with Crippen molar-refractivity contribution in [2.75, 3.05) is 5.75 Å². The minimum absolute atomic E-state index is 0.116. The summed E-state index contributed by atoms with van der Waals surface area (Å²) in [5.74, 6) is -1.32. The fourth-order valence-corrected chi connectivity index (χ4v) is 4.85. The van der Waals surface area contributed by atoms with Crippen LogP contribution in [-0.2, 0) is 20.5 Å². The summed E-state index contributed by atoms with van der Waals surface area (Å²) in [6.45, 7) is 7.59. The van der Waals surface area contributed by atoms with E-state index in [0.717, 1.165) is 34.5 Å². The Morgan fingerprint density at radius 1 is 1.16 bits per heavy atom. The average Bonchev–Trinajstić information content (AvgIpc) is 2.67. The number of carbonyl (C=O) groups excluding carboxylic acids is 2. The summed E-state index contributed by atoms with van der Waals surface area (Å²) in [6, 6.07) is 6.20. The normalized spacial score (nSPS) is 20.5. The lowest BCUT2D eigenvalue weighted by atomic mass is 9.82. The summed E-state index contributed by atoms with van der Waals surface area (Å²) in [7, 11) is 0. The molecule has 3 atom stereocenters. The maximum Gasteiger partial charge on any atom is 0.417 e. The van der Waals surface area contributed by atoms with Crippen molar-refractivity contribution in [2.45, 2.75) is 57.3 Å². The molecule has 1 aliphatic rings. The molecule has 1 aromatic heterocycles. The Balaban J connectivity index is 1.64. The predicted octanol–water partition coefficient (Wildman–Crippen LogP) is 5.42. The van der Waals surface area contributed by atoms with Gasteiger partial charge in [-0.2, -0.15) is 13.2 Å². The van der Waals surface area contributed by atoms with Gasteiger partial charge in [0.15, 0.2) is 5.78 Å². The second-order valence-corrected chi connectivity index (χ2v) is 9.10. The van der Waals surface area contributed by atoms with E-state index in [1.165, 1.54) is 17.8 Å². The summed E-state index contributed by atoms with van der Waals surface area (Å²) in [5, 5.41) is 0.442. The molecule has 8 heteroatoms. The predicted molar refractivity (Wildman–Crippen MR) is 112 cm³/mol. The fraction of sp³-hybridized carbons (Fsp3) is 0.435. The van der Waals surface area contributed by atoms with Crippen LogP contribution in [0.5, 0.6) is 0 Å². The third kappa shape index (κ3) is 5.29. The smallest absolute Gasteiger partial charge is 0.417 e. The van der Waals surface area contributed by atoms with Crippen LogP contribution >= 0.6 is 11.8 Å². The van der Waals surface area contributed by atoms with Crippen LogP contribution < -0.4 is 0 Å². The number of rotatable bonds is 5. The highest BCUT2D eigenvalue weighted by molar-refractivity contribution is 7.99. The molecular formula is C23H24F3NO3S. The standard InChI is InChI=1S/C23H24F3NO3S/c1-12-7-13(2)20(14(3)8-12)21-17(28)9-18(30-22(21)29)15(4)11-31-19-6-5-16(10-27-19)23(24,25)26/h5-8,10,15,18,21H,9,11H2,1-4H3. The molecule has 2 heterocycles. The summed E-state index contributed by atoms with van der Waals surface area (Å²) < 4.78 is 43.6. The topological polar surface area (TPSA) is 56.3 Å². The molecule has 1 aliphatic heterocycles. The van der Waals surface area contributed by atoms with Gasteiger partial charge in [-0.25, -0.2) is 4.98 Å². The van der Waals surface area contributed by atoms with E-state index >= 15 is 0 Å². The Morgan fingerprint density at radius 2 is 1.81 bits per heavy atom. The molecule has 0 saturated carbocycles. The van der Waals surface area contributed by atoms with Crippen LogP contribution in [0.2, 0.25) is 0 Å². The lowest BCUT2D eigenvalue weighted by Gasteiger charge is -2.32. The Hall–Kier alpha value is -2.35. The number of esters is 1. The summed E-state index contributed by atoms with van der Waals surface area (Å²) in [6.07, 6.45) is -4.08. The van der Waals surface area contributed by atoms with E-state index in [0.29, 0.717) is 10.8 Å². The number of thioether (sulfide) groups is 1.